The Kier molecular flexibility index (Phi) is 6.07. The summed E-state index contributed by atoms with van der Waals surface area (Å²) in [4.78, 5) is 27.6. The van der Waals surface area contributed by atoms with E-state index in [0.717, 1.165) is 5.56 Å². The molecule has 4 nitrogen and oxygen atoms in total. The van der Waals surface area contributed by atoms with Crippen LogP contribution in [-0.4, -0.2) is 34.6 Å². The number of benzene rings is 2. The predicted molar refractivity (Wildman–Crippen MR) is 106 cm³/mol. The van der Waals surface area contributed by atoms with Crippen LogP contribution in [0.2, 0.25) is 5.02 Å². The Morgan fingerprint density at radius 3 is 2.48 bits per heavy atom. The lowest BCUT2D eigenvalue weighted by molar-refractivity contribution is -0.125. The van der Waals surface area contributed by atoms with Crippen LogP contribution in [-0.2, 0) is 4.79 Å². The van der Waals surface area contributed by atoms with E-state index in [9.17, 15) is 14.0 Å². The van der Waals surface area contributed by atoms with Crippen molar-refractivity contribution in [2.45, 2.75) is 31.3 Å². The van der Waals surface area contributed by atoms with Gasteiger partial charge in [0.25, 0.3) is 5.91 Å². The molecule has 1 heterocycles. The van der Waals surface area contributed by atoms with Crippen molar-refractivity contribution < 1.29 is 14.0 Å². The highest BCUT2D eigenvalue weighted by Crippen LogP contribution is 2.42. The van der Waals surface area contributed by atoms with Gasteiger partial charge in [-0.15, -0.1) is 11.8 Å². The molecule has 0 aromatic heterocycles. The standard InChI is InChI=1S/C20H20ClFN2O2S/c1-12(2)23-18(25)17-11-27-20(13-7-9-14(22)10-8-13)24(17)19(26)15-5-3-4-6-16(15)21/h3-10,12,17,20H,11H2,1-2H3,(H,23,25)/t17-,20+/m1/s1. The van der Waals surface area contributed by atoms with Crippen LogP contribution in [0.25, 0.3) is 0 Å². The third-order valence-corrected chi connectivity index (χ3v) is 5.88. The predicted octanol–water partition coefficient (Wildman–Crippen LogP) is 4.26. The van der Waals surface area contributed by atoms with Crippen molar-refractivity contribution in [2.24, 2.45) is 0 Å². The Morgan fingerprint density at radius 2 is 1.85 bits per heavy atom. The van der Waals surface area contributed by atoms with Gasteiger partial charge in [0.1, 0.15) is 17.2 Å². The van der Waals surface area contributed by atoms with Crippen LogP contribution in [0.1, 0.15) is 35.1 Å². The molecule has 1 fully saturated rings. The highest BCUT2D eigenvalue weighted by atomic mass is 35.5. The van der Waals surface area contributed by atoms with E-state index in [2.05, 4.69) is 5.32 Å². The van der Waals surface area contributed by atoms with Crippen molar-refractivity contribution in [3.8, 4) is 0 Å². The molecular weight excluding hydrogens is 387 g/mol. The van der Waals surface area contributed by atoms with Crippen LogP contribution in [0.3, 0.4) is 0 Å². The number of carbonyl (C=O) groups excluding carboxylic acids is 2. The Bertz CT molecular complexity index is 844. The van der Waals surface area contributed by atoms with Crippen molar-refractivity contribution in [2.75, 3.05) is 5.75 Å². The number of rotatable bonds is 4. The third-order valence-electron chi connectivity index (χ3n) is 4.23. The summed E-state index contributed by atoms with van der Waals surface area (Å²) in [6, 6.07) is 12.1. The molecule has 27 heavy (non-hydrogen) atoms. The molecule has 1 saturated heterocycles. The summed E-state index contributed by atoms with van der Waals surface area (Å²) in [5.74, 6) is -0.414. The maximum Gasteiger partial charge on any atom is 0.257 e. The first-order valence-corrected chi connectivity index (χ1v) is 10.1. The van der Waals surface area contributed by atoms with Gasteiger partial charge in [-0.1, -0.05) is 35.9 Å². The van der Waals surface area contributed by atoms with Crippen LogP contribution < -0.4 is 5.32 Å². The number of carbonyl (C=O) groups is 2. The SMILES string of the molecule is CC(C)NC(=O)[C@H]1CS[C@@H](c2ccc(F)cc2)N1C(=O)c1ccccc1Cl. The fourth-order valence-corrected chi connectivity index (χ4v) is 4.64. The van der Waals surface area contributed by atoms with Crippen LogP contribution in [0.4, 0.5) is 4.39 Å². The molecule has 3 rings (SSSR count). The fraction of sp³-hybridized carbons (Fsp3) is 0.300. The zero-order chi connectivity index (χ0) is 19.6. The number of amides is 2. The number of thioether (sulfide) groups is 1. The van der Waals surface area contributed by atoms with Gasteiger partial charge in [0.05, 0.1) is 10.6 Å². The van der Waals surface area contributed by atoms with E-state index >= 15 is 0 Å². The second-order valence-electron chi connectivity index (χ2n) is 6.61. The molecule has 0 unspecified atom stereocenters. The Hall–Kier alpha value is -2.05. The summed E-state index contributed by atoms with van der Waals surface area (Å²) in [5, 5.41) is 2.82. The topological polar surface area (TPSA) is 49.4 Å². The summed E-state index contributed by atoms with van der Waals surface area (Å²) in [5.41, 5.74) is 1.11. The summed E-state index contributed by atoms with van der Waals surface area (Å²) < 4.78 is 13.3. The summed E-state index contributed by atoms with van der Waals surface area (Å²) in [6.45, 7) is 3.75. The first-order chi connectivity index (χ1) is 12.9. The average Bonchev–Trinajstić information content (AvgIpc) is 3.07. The third kappa shape index (κ3) is 4.28. The van der Waals surface area contributed by atoms with E-state index in [-0.39, 0.29) is 23.7 Å². The first-order valence-electron chi connectivity index (χ1n) is 8.63. The number of nitrogens with one attached hydrogen (secondary N) is 1. The molecule has 1 aliphatic heterocycles. The highest BCUT2D eigenvalue weighted by molar-refractivity contribution is 7.99. The lowest BCUT2D eigenvalue weighted by Gasteiger charge is -2.30. The Labute approximate surface area is 167 Å². The molecule has 0 radical (unpaired) electrons. The van der Waals surface area contributed by atoms with Crippen molar-refractivity contribution in [3.05, 3.63) is 70.5 Å². The average molecular weight is 407 g/mol. The molecule has 1 aliphatic rings. The van der Waals surface area contributed by atoms with E-state index < -0.39 is 11.4 Å². The number of halogens is 2. The van der Waals surface area contributed by atoms with E-state index in [0.29, 0.717) is 16.3 Å². The molecule has 1 N–H and O–H groups in total. The Balaban J connectivity index is 1.99. The summed E-state index contributed by atoms with van der Waals surface area (Å²) in [7, 11) is 0. The van der Waals surface area contributed by atoms with E-state index in [1.54, 1.807) is 41.3 Å². The van der Waals surface area contributed by atoms with Crippen molar-refractivity contribution in [3.63, 3.8) is 0 Å². The number of hydrogen-bond donors (Lipinski definition) is 1. The smallest absolute Gasteiger partial charge is 0.257 e. The molecule has 7 heteroatoms. The molecule has 142 valence electrons. The molecule has 0 saturated carbocycles. The molecular formula is C20H20ClFN2O2S. The number of nitrogens with zero attached hydrogens (tertiary/aromatic N) is 1. The zero-order valence-electron chi connectivity index (χ0n) is 15.0. The number of hydrogen-bond acceptors (Lipinski definition) is 3. The maximum absolute atomic E-state index is 13.3. The van der Waals surface area contributed by atoms with Gasteiger partial charge >= 0.3 is 0 Å². The van der Waals surface area contributed by atoms with Crippen LogP contribution in [0.5, 0.6) is 0 Å². The van der Waals surface area contributed by atoms with Crippen molar-refractivity contribution >= 4 is 35.2 Å². The van der Waals surface area contributed by atoms with Crippen LogP contribution in [0.15, 0.2) is 48.5 Å². The van der Waals surface area contributed by atoms with E-state index in [1.165, 1.54) is 23.9 Å². The van der Waals surface area contributed by atoms with Gasteiger partial charge in [-0.05, 0) is 43.7 Å². The van der Waals surface area contributed by atoms with Crippen molar-refractivity contribution in [1.82, 2.24) is 10.2 Å². The highest BCUT2D eigenvalue weighted by Gasteiger charge is 2.43. The van der Waals surface area contributed by atoms with E-state index in [1.807, 2.05) is 13.8 Å². The second-order valence-corrected chi connectivity index (χ2v) is 8.13. The lowest BCUT2D eigenvalue weighted by Crippen LogP contribution is -2.49. The van der Waals surface area contributed by atoms with E-state index in [4.69, 9.17) is 11.6 Å². The van der Waals surface area contributed by atoms with Gasteiger partial charge in [0.15, 0.2) is 0 Å². The minimum atomic E-state index is -0.628. The molecule has 0 spiro atoms. The minimum absolute atomic E-state index is 0.0374. The fourth-order valence-electron chi connectivity index (χ4n) is 3.00. The molecule has 2 aromatic rings. The van der Waals surface area contributed by atoms with Gasteiger partial charge in [0, 0.05) is 11.8 Å². The van der Waals surface area contributed by atoms with Crippen LogP contribution in [0, 0.1) is 5.82 Å². The molecule has 0 bridgehead atoms. The maximum atomic E-state index is 13.3. The van der Waals surface area contributed by atoms with Gasteiger partial charge in [-0.25, -0.2) is 4.39 Å². The quantitative estimate of drug-likeness (QED) is 0.825. The second kappa shape index (κ2) is 8.31. The van der Waals surface area contributed by atoms with Gasteiger partial charge < -0.3 is 10.2 Å². The van der Waals surface area contributed by atoms with Gasteiger partial charge in [0.2, 0.25) is 5.91 Å². The molecule has 2 atom stereocenters. The van der Waals surface area contributed by atoms with Gasteiger partial charge in [-0.3, -0.25) is 9.59 Å². The lowest BCUT2D eigenvalue weighted by atomic mass is 10.1. The largest absolute Gasteiger partial charge is 0.352 e. The minimum Gasteiger partial charge on any atom is -0.352 e. The Morgan fingerprint density at radius 1 is 1.19 bits per heavy atom. The van der Waals surface area contributed by atoms with Crippen molar-refractivity contribution in [1.29, 1.82) is 0 Å². The first kappa shape index (κ1) is 19.7. The summed E-state index contributed by atoms with van der Waals surface area (Å²) >= 11 is 7.70. The molecule has 0 aliphatic carbocycles. The molecule has 2 aromatic carbocycles. The monoisotopic (exact) mass is 406 g/mol. The molecule has 2 amide bonds. The normalized spacial score (nSPS) is 19.4. The van der Waals surface area contributed by atoms with Crippen LogP contribution >= 0.6 is 23.4 Å². The summed E-state index contributed by atoms with van der Waals surface area (Å²) in [6.07, 6.45) is 0. The zero-order valence-corrected chi connectivity index (χ0v) is 16.6. The van der Waals surface area contributed by atoms with Gasteiger partial charge in [-0.2, -0.15) is 0 Å².